The minimum Gasteiger partial charge on any atom is -0.490 e. The van der Waals surface area contributed by atoms with Crippen molar-refractivity contribution in [3.05, 3.63) is 81.9 Å². The minimum absolute atomic E-state index is 0.517. The van der Waals surface area contributed by atoms with E-state index < -0.39 is 0 Å². The van der Waals surface area contributed by atoms with E-state index >= 15 is 0 Å². The number of rotatable bonds is 5. The fourth-order valence-corrected chi connectivity index (χ4v) is 4.47. The van der Waals surface area contributed by atoms with Crippen LogP contribution in [0.3, 0.4) is 0 Å². The molecule has 3 heterocycles. The molecule has 5 rings (SSSR count). The fourth-order valence-electron chi connectivity index (χ4n) is 3.70. The van der Waals surface area contributed by atoms with Gasteiger partial charge < -0.3 is 9.47 Å². The first-order valence-electron chi connectivity index (χ1n) is 10.8. The van der Waals surface area contributed by atoms with Crippen LogP contribution in [-0.2, 0) is 6.54 Å². The van der Waals surface area contributed by atoms with Gasteiger partial charge in [-0.15, -0.1) is 11.3 Å². The predicted molar refractivity (Wildman–Crippen MR) is 129 cm³/mol. The molecule has 0 spiro atoms. The van der Waals surface area contributed by atoms with Gasteiger partial charge >= 0.3 is 0 Å². The van der Waals surface area contributed by atoms with Crippen LogP contribution < -0.4 is 9.47 Å². The third-order valence-electron chi connectivity index (χ3n) is 5.27. The number of hydrogen-bond acceptors (Lipinski definition) is 6. The van der Waals surface area contributed by atoms with E-state index in [1.54, 1.807) is 0 Å². The standard InChI is InChI=1S/C26H22N4O2S/c1-18-17-33-26(28-18)21(14-27)12-22-16-30(15-19-6-3-2-4-7-19)29-25(22)20-8-9-23-24(13-20)32-11-5-10-31-23/h2-4,6-9,12-13,16-17H,5,10-11,15H2,1H3/b21-12+. The van der Waals surface area contributed by atoms with E-state index in [4.69, 9.17) is 14.6 Å². The van der Waals surface area contributed by atoms with Crippen molar-refractivity contribution in [3.63, 3.8) is 0 Å². The van der Waals surface area contributed by atoms with Gasteiger partial charge in [0.1, 0.15) is 11.1 Å². The van der Waals surface area contributed by atoms with Crippen LogP contribution in [0.15, 0.2) is 60.1 Å². The van der Waals surface area contributed by atoms with Gasteiger partial charge in [-0.3, -0.25) is 4.68 Å². The summed E-state index contributed by atoms with van der Waals surface area (Å²) in [5.41, 5.74) is 5.11. The Kier molecular flexibility index (Phi) is 5.92. The van der Waals surface area contributed by atoms with E-state index in [9.17, 15) is 5.26 Å². The van der Waals surface area contributed by atoms with Gasteiger partial charge in [0.2, 0.25) is 0 Å². The van der Waals surface area contributed by atoms with Gasteiger partial charge in [0, 0.05) is 34.8 Å². The molecule has 7 heteroatoms. The summed E-state index contributed by atoms with van der Waals surface area (Å²) in [4.78, 5) is 4.49. The Morgan fingerprint density at radius 1 is 1.15 bits per heavy atom. The first kappa shape index (κ1) is 21.0. The molecule has 0 radical (unpaired) electrons. The zero-order valence-corrected chi connectivity index (χ0v) is 19.0. The quantitative estimate of drug-likeness (QED) is 0.368. The number of benzene rings is 2. The Morgan fingerprint density at radius 3 is 2.73 bits per heavy atom. The molecule has 0 aliphatic carbocycles. The normalized spacial score (nSPS) is 13.4. The Labute approximate surface area is 196 Å². The Balaban J connectivity index is 1.59. The van der Waals surface area contributed by atoms with Gasteiger partial charge in [-0.1, -0.05) is 30.3 Å². The largest absolute Gasteiger partial charge is 0.490 e. The van der Waals surface area contributed by atoms with Gasteiger partial charge in [-0.2, -0.15) is 10.4 Å². The number of hydrogen-bond donors (Lipinski definition) is 0. The minimum atomic E-state index is 0.517. The number of thiazole rings is 1. The molecular weight excluding hydrogens is 432 g/mol. The van der Waals surface area contributed by atoms with Crippen LogP contribution in [0.4, 0.5) is 0 Å². The molecule has 0 amide bonds. The second-order valence-corrected chi connectivity index (χ2v) is 8.65. The fraction of sp³-hybridized carbons (Fsp3) is 0.192. The van der Waals surface area contributed by atoms with Gasteiger partial charge in [-0.05, 0) is 36.8 Å². The lowest BCUT2D eigenvalue weighted by Crippen LogP contribution is -2.00. The Bertz CT molecular complexity index is 1350. The Morgan fingerprint density at radius 2 is 1.97 bits per heavy atom. The van der Waals surface area contributed by atoms with Gasteiger partial charge in [0.25, 0.3) is 0 Å². The molecule has 4 aromatic rings. The van der Waals surface area contributed by atoms with Crippen molar-refractivity contribution in [2.75, 3.05) is 13.2 Å². The van der Waals surface area contributed by atoms with E-state index in [0.717, 1.165) is 40.2 Å². The maximum atomic E-state index is 9.83. The van der Waals surface area contributed by atoms with Crippen LogP contribution in [0.1, 0.15) is 28.2 Å². The summed E-state index contributed by atoms with van der Waals surface area (Å²) in [6.07, 6.45) is 4.69. The molecule has 1 aliphatic rings. The predicted octanol–water partition coefficient (Wildman–Crippen LogP) is 5.59. The summed E-state index contributed by atoms with van der Waals surface area (Å²) in [7, 11) is 0. The first-order chi connectivity index (χ1) is 16.2. The van der Waals surface area contributed by atoms with E-state index in [-0.39, 0.29) is 0 Å². The average molecular weight is 455 g/mol. The molecular formula is C26H22N4O2S. The van der Waals surface area contributed by atoms with E-state index in [1.165, 1.54) is 11.3 Å². The van der Waals surface area contributed by atoms with Crippen LogP contribution in [0, 0.1) is 18.3 Å². The molecule has 0 bridgehead atoms. The smallest absolute Gasteiger partial charge is 0.161 e. The highest BCUT2D eigenvalue weighted by Crippen LogP contribution is 2.36. The summed E-state index contributed by atoms with van der Waals surface area (Å²) < 4.78 is 13.6. The lowest BCUT2D eigenvalue weighted by atomic mass is 10.1. The molecule has 1 aliphatic heterocycles. The number of nitriles is 1. The lowest BCUT2D eigenvalue weighted by molar-refractivity contribution is 0.297. The molecule has 2 aromatic heterocycles. The Hall–Kier alpha value is -3.89. The first-order valence-corrected chi connectivity index (χ1v) is 11.6. The highest BCUT2D eigenvalue weighted by molar-refractivity contribution is 7.11. The SMILES string of the molecule is Cc1csc(/C(C#N)=C/c2cn(Cc3ccccc3)nc2-c2ccc3c(c2)OCCCO3)n1. The summed E-state index contributed by atoms with van der Waals surface area (Å²) >= 11 is 1.47. The van der Waals surface area contributed by atoms with Crippen molar-refractivity contribution >= 4 is 23.0 Å². The molecule has 0 unspecified atom stereocenters. The number of allylic oxidation sites excluding steroid dienone is 1. The maximum Gasteiger partial charge on any atom is 0.161 e. The topological polar surface area (TPSA) is 73.0 Å². The molecule has 6 nitrogen and oxygen atoms in total. The molecule has 2 aromatic carbocycles. The molecule has 164 valence electrons. The second-order valence-electron chi connectivity index (χ2n) is 7.79. The van der Waals surface area contributed by atoms with E-state index in [0.29, 0.717) is 36.1 Å². The van der Waals surface area contributed by atoms with Crippen molar-refractivity contribution in [1.29, 1.82) is 5.26 Å². The number of nitrogens with zero attached hydrogens (tertiary/aromatic N) is 4. The van der Waals surface area contributed by atoms with Crippen molar-refractivity contribution < 1.29 is 9.47 Å². The molecule has 0 N–H and O–H groups in total. The van der Waals surface area contributed by atoms with Crippen LogP contribution >= 0.6 is 11.3 Å². The molecule has 0 saturated heterocycles. The molecule has 0 atom stereocenters. The number of aryl methyl sites for hydroxylation is 1. The van der Waals surface area contributed by atoms with Crippen molar-refractivity contribution in [2.45, 2.75) is 19.9 Å². The summed E-state index contributed by atoms with van der Waals surface area (Å²) in [6, 6.07) is 18.4. The zero-order valence-electron chi connectivity index (χ0n) is 18.2. The molecule has 33 heavy (non-hydrogen) atoms. The van der Waals surface area contributed by atoms with Gasteiger partial charge in [0.05, 0.1) is 31.0 Å². The van der Waals surface area contributed by atoms with Crippen LogP contribution in [0.5, 0.6) is 11.5 Å². The number of aromatic nitrogens is 3. The van der Waals surface area contributed by atoms with Crippen LogP contribution in [0.2, 0.25) is 0 Å². The van der Waals surface area contributed by atoms with Crippen LogP contribution in [0.25, 0.3) is 22.9 Å². The third kappa shape index (κ3) is 4.66. The average Bonchev–Trinajstić information content (AvgIpc) is 3.36. The summed E-state index contributed by atoms with van der Waals surface area (Å²) in [6.45, 7) is 3.82. The monoisotopic (exact) mass is 454 g/mol. The second kappa shape index (κ2) is 9.31. The van der Waals surface area contributed by atoms with Crippen molar-refractivity contribution in [1.82, 2.24) is 14.8 Å². The summed E-state index contributed by atoms with van der Waals surface area (Å²) in [5, 5.41) is 17.4. The van der Waals surface area contributed by atoms with Crippen molar-refractivity contribution in [3.8, 4) is 28.8 Å². The third-order valence-corrected chi connectivity index (χ3v) is 6.26. The maximum absolute atomic E-state index is 9.83. The van der Waals surface area contributed by atoms with Crippen molar-refractivity contribution in [2.24, 2.45) is 0 Å². The molecule has 0 fully saturated rings. The lowest BCUT2D eigenvalue weighted by Gasteiger charge is -2.09. The highest BCUT2D eigenvalue weighted by atomic mass is 32.1. The van der Waals surface area contributed by atoms with E-state index in [1.807, 2.05) is 65.7 Å². The van der Waals surface area contributed by atoms with E-state index in [2.05, 4.69) is 23.2 Å². The summed E-state index contributed by atoms with van der Waals surface area (Å²) in [5.74, 6) is 1.46. The van der Waals surface area contributed by atoms with Crippen LogP contribution in [-0.4, -0.2) is 28.0 Å². The highest BCUT2D eigenvalue weighted by Gasteiger charge is 2.17. The molecule has 0 saturated carbocycles. The number of fused-ring (bicyclic) bond motifs is 1. The number of ether oxygens (including phenoxy) is 2. The van der Waals surface area contributed by atoms with Gasteiger partial charge in [-0.25, -0.2) is 4.98 Å². The zero-order chi connectivity index (χ0) is 22.6. The van der Waals surface area contributed by atoms with Gasteiger partial charge in [0.15, 0.2) is 11.5 Å².